The minimum absolute atomic E-state index is 0.0689. The van der Waals surface area contributed by atoms with Crippen LogP contribution in [-0.2, 0) is 11.0 Å². The number of piperazine rings is 1. The number of nitrogens with zero attached hydrogens (tertiary/aromatic N) is 3. The van der Waals surface area contributed by atoms with Crippen molar-refractivity contribution in [2.24, 2.45) is 0 Å². The Labute approximate surface area is 168 Å². The topological polar surface area (TPSA) is 55.9 Å². The maximum Gasteiger partial charge on any atom is 0.416 e. The summed E-state index contributed by atoms with van der Waals surface area (Å²) in [6, 6.07) is 5.01. The Morgan fingerprint density at radius 2 is 1.62 bits per heavy atom. The summed E-state index contributed by atoms with van der Waals surface area (Å²) in [4.78, 5) is 29.8. The van der Waals surface area contributed by atoms with Crippen molar-refractivity contribution in [3.8, 4) is 0 Å². The maximum atomic E-state index is 12.9. The lowest BCUT2D eigenvalue weighted by Crippen LogP contribution is -2.52. The molecule has 3 amide bonds. The lowest BCUT2D eigenvalue weighted by Gasteiger charge is -2.36. The number of urea groups is 1. The molecule has 9 heteroatoms. The van der Waals surface area contributed by atoms with Gasteiger partial charge in [-0.15, -0.1) is 0 Å². The van der Waals surface area contributed by atoms with Crippen LogP contribution >= 0.6 is 0 Å². The number of anilines is 1. The summed E-state index contributed by atoms with van der Waals surface area (Å²) in [5.74, 6) is 0.0689. The van der Waals surface area contributed by atoms with E-state index in [0.717, 1.165) is 44.5 Å². The molecule has 0 bridgehead atoms. The van der Waals surface area contributed by atoms with Gasteiger partial charge in [-0.05, 0) is 37.5 Å². The average molecular weight is 412 g/mol. The fourth-order valence-electron chi connectivity index (χ4n) is 3.74. The normalized spacial score (nSPS) is 18.0. The van der Waals surface area contributed by atoms with E-state index >= 15 is 0 Å². The highest BCUT2D eigenvalue weighted by atomic mass is 19.4. The Morgan fingerprint density at radius 1 is 0.931 bits per heavy atom. The molecule has 0 aliphatic carbocycles. The molecule has 0 radical (unpaired) electrons. The van der Waals surface area contributed by atoms with Gasteiger partial charge >= 0.3 is 12.2 Å². The van der Waals surface area contributed by atoms with Crippen molar-refractivity contribution < 1.29 is 22.8 Å². The molecular weight excluding hydrogens is 385 g/mol. The van der Waals surface area contributed by atoms with Crippen molar-refractivity contribution in [3.63, 3.8) is 0 Å². The number of hydrogen-bond donors (Lipinski definition) is 1. The first-order chi connectivity index (χ1) is 13.8. The first kappa shape index (κ1) is 21.3. The van der Waals surface area contributed by atoms with E-state index in [4.69, 9.17) is 0 Å². The van der Waals surface area contributed by atoms with Crippen LogP contribution in [0.3, 0.4) is 0 Å². The second-order valence-electron chi connectivity index (χ2n) is 7.45. The molecule has 1 aromatic carbocycles. The van der Waals surface area contributed by atoms with Crippen molar-refractivity contribution in [3.05, 3.63) is 29.8 Å². The molecule has 2 saturated heterocycles. The van der Waals surface area contributed by atoms with Crippen molar-refractivity contribution >= 4 is 17.6 Å². The molecule has 0 unspecified atom stereocenters. The average Bonchev–Trinajstić information content (AvgIpc) is 2.74. The number of halogens is 3. The monoisotopic (exact) mass is 412 g/mol. The SMILES string of the molecule is O=C(CCNC(=O)N1CCN(c2cccc(C(F)(F)F)c2)CC1)N1CCCCC1. The number of amides is 3. The van der Waals surface area contributed by atoms with Crippen LogP contribution in [-0.4, -0.2) is 67.6 Å². The van der Waals surface area contributed by atoms with Gasteiger partial charge < -0.3 is 20.0 Å². The van der Waals surface area contributed by atoms with Gasteiger partial charge in [0, 0.05) is 57.9 Å². The quantitative estimate of drug-likeness (QED) is 0.827. The Hall–Kier alpha value is -2.45. The molecule has 2 heterocycles. The van der Waals surface area contributed by atoms with Gasteiger partial charge in [-0.2, -0.15) is 13.2 Å². The third kappa shape index (κ3) is 5.77. The molecule has 2 aliphatic heterocycles. The lowest BCUT2D eigenvalue weighted by atomic mass is 10.1. The molecule has 2 fully saturated rings. The lowest BCUT2D eigenvalue weighted by molar-refractivity contribution is -0.137. The number of carbonyl (C=O) groups is 2. The van der Waals surface area contributed by atoms with E-state index in [0.29, 0.717) is 38.4 Å². The van der Waals surface area contributed by atoms with E-state index in [1.807, 2.05) is 9.80 Å². The van der Waals surface area contributed by atoms with E-state index in [1.165, 1.54) is 6.07 Å². The van der Waals surface area contributed by atoms with Gasteiger partial charge in [-0.1, -0.05) is 6.07 Å². The third-order valence-electron chi connectivity index (χ3n) is 5.43. The van der Waals surface area contributed by atoms with Crippen molar-refractivity contribution in [1.82, 2.24) is 15.1 Å². The van der Waals surface area contributed by atoms with E-state index in [1.54, 1.807) is 11.0 Å². The minimum Gasteiger partial charge on any atom is -0.368 e. The molecule has 29 heavy (non-hydrogen) atoms. The summed E-state index contributed by atoms with van der Waals surface area (Å²) in [6.45, 7) is 3.64. The highest BCUT2D eigenvalue weighted by Crippen LogP contribution is 2.31. The molecule has 1 N–H and O–H groups in total. The smallest absolute Gasteiger partial charge is 0.368 e. The van der Waals surface area contributed by atoms with Crippen molar-refractivity contribution in [1.29, 1.82) is 0 Å². The van der Waals surface area contributed by atoms with Gasteiger partial charge in [0.15, 0.2) is 0 Å². The van der Waals surface area contributed by atoms with E-state index in [9.17, 15) is 22.8 Å². The molecule has 160 valence electrons. The summed E-state index contributed by atoms with van der Waals surface area (Å²) in [5, 5.41) is 2.78. The van der Waals surface area contributed by atoms with Crippen LogP contribution < -0.4 is 10.2 Å². The van der Waals surface area contributed by atoms with Crippen molar-refractivity contribution in [2.75, 3.05) is 50.7 Å². The predicted molar refractivity (Wildman–Crippen MR) is 104 cm³/mol. The van der Waals surface area contributed by atoms with E-state index in [2.05, 4.69) is 5.32 Å². The molecule has 0 saturated carbocycles. The summed E-state index contributed by atoms with van der Waals surface area (Å²) in [6.07, 6.45) is -0.852. The van der Waals surface area contributed by atoms with Gasteiger partial charge in [-0.3, -0.25) is 4.79 Å². The van der Waals surface area contributed by atoms with E-state index < -0.39 is 11.7 Å². The molecule has 1 aromatic rings. The summed E-state index contributed by atoms with van der Waals surface area (Å²) >= 11 is 0. The number of carbonyl (C=O) groups excluding carboxylic acids is 2. The summed E-state index contributed by atoms with van der Waals surface area (Å²) in [5.41, 5.74) is -0.166. The predicted octanol–water partition coefficient (Wildman–Crippen LogP) is 2.94. The number of piperidine rings is 1. The second kappa shape index (κ2) is 9.37. The van der Waals surface area contributed by atoms with Crippen LogP contribution in [0.4, 0.5) is 23.7 Å². The zero-order valence-corrected chi connectivity index (χ0v) is 16.4. The summed E-state index contributed by atoms with van der Waals surface area (Å²) in [7, 11) is 0. The molecule has 0 aromatic heterocycles. The highest BCUT2D eigenvalue weighted by Gasteiger charge is 2.31. The van der Waals surface area contributed by atoms with Crippen LogP contribution in [0, 0.1) is 0 Å². The first-order valence-corrected chi connectivity index (χ1v) is 10.1. The van der Waals surface area contributed by atoms with Crippen LogP contribution in [0.1, 0.15) is 31.2 Å². The Balaban J connectivity index is 1.42. The molecule has 0 spiro atoms. The zero-order valence-electron chi connectivity index (χ0n) is 16.4. The Kier molecular flexibility index (Phi) is 6.87. The van der Waals surface area contributed by atoms with Crippen molar-refractivity contribution in [2.45, 2.75) is 31.9 Å². The largest absolute Gasteiger partial charge is 0.416 e. The summed E-state index contributed by atoms with van der Waals surface area (Å²) < 4.78 is 38.7. The van der Waals surface area contributed by atoms with Crippen LogP contribution in [0.2, 0.25) is 0 Å². The number of benzene rings is 1. The Morgan fingerprint density at radius 3 is 2.28 bits per heavy atom. The molecule has 2 aliphatic rings. The van der Waals surface area contributed by atoms with Crippen LogP contribution in [0.15, 0.2) is 24.3 Å². The van der Waals surface area contributed by atoms with Gasteiger partial charge in [0.05, 0.1) is 5.56 Å². The Bertz CT molecular complexity index is 712. The molecule has 6 nitrogen and oxygen atoms in total. The molecule has 0 atom stereocenters. The maximum absolute atomic E-state index is 12.9. The molecule has 3 rings (SSSR count). The fraction of sp³-hybridized carbons (Fsp3) is 0.600. The van der Waals surface area contributed by atoms with Crippen LogP contribution in [0.25, 0.3) is 0 Å². The third-order valence-corrected chi connectivity index (χ3v) is 5.43. The van der Waals surface area contributed by atoms with E-state index in [-0.39, 0.29) is 18.4 Å². The second-order valence-corrected chi connectivity index (χ2v) is 7.45. The number of rotatable bonds is 4. The minimum atomic E-state index is -4.37. The number of likely N-dealkylation sites (tertiary alicyclic amines) is 1. The zero-order chi connectivity index (χ0) is 20.9. The first-order valence-electron chi connectivity index (χ1n) is 10.1. The van der Waals surface area contributed by atoms with Crippen LogP contribution in [0.5, 0.6) is 0 Å². The van der Waals surface area contributed by atoms with Gasteiger partial charge in [0.2, 0.25) is 5.91 Å². The fourth-order valence-corrected chi connectivity index (χ4v) is 3.74. The number of hydrogen-bond acceptors (Lipinski definition) is 3. The number of alkyl halides is 3. The van der Waals surface area contributed by atoms with Gasteiger partial charge in [0.1, 0.15) is 0 Å². The highest BCUT2D eigenvalue weighted by molar-refractivity contribution is 5.78. The standard InChI is InChI=1S/C20H27F3N4O2/c21-20(22,23)16-5-4-6-17(15-16)25-11-13-27(14-12-25)19(29)24-8-7-18(28)26-9-2-1-3-10-26/h4-6,15H,1-3,7-14H2,(H,24,29). The van der Waals surface area contributed by atoms with Gasteiger partial charge in [-0.25, -0.2) is 4.79 Å². The molecular formula is C20H27F3N4O2. The number of nitrogens with one attached hydrogen (secondary N) is 1. The van der Waals surface area contributed by atoms with Gasteiger partial charge in [0.25, 0.3) is 0 Å².